The van der Waals surface area contributed by atoms with Crippen LogP contribution in [0.25, 0.3) is 0 Å². The fraction of sp³-hybridized carbons (Fsp3) is 0.625. The van der Waals surface area contributed by atoms with E-state index in [9.17, 15) is 4.79 Å². The highest BCUT2D eigenvalue weighted by molar-refractivity contribution is 5.75. The summed E-state index contributed by atoms with van der Waals surface area (Å²) in [6, 6.07) is -0.360. The quantitative estimate of drug-likeness (QED) is 0.470. The van der Waals surface area contributed by atoms with E-state index in [-0.39, 0.29) is 12.0 Å². The molecule has 0 spiro atoms. The predicted molar refractivity (Wildman–Crippen MR) is 47.2 cm³/mol. The van der Waals surface area contributed by atoms with E-state index in [1.54, 1.807) is 20.8 Å². The van der Waals surface area contributed by atoms with Gasteiger partial charge in [0, 0.05) is 5.70 Å². The molecule has 12 heavy (non-hydrogen) atoms. The summed E-state index contributed by atoms with van der Waals surface area (Å²) in [7, 11) is 0. The second kappa shape index (κ2) is 5.60. The zero-order chi connectivity index (χ0) is 9.56. The highest BCUT2D eigenvalue weighted by atomic mass is 16.5. The van der Waals surface area contributed by atoms with E-state index in [4.69, 9.17) is 4.74 Å². The number of carbonyl (C=O) groups excluding carboxylic acids is 1. The summed E-state index contributed by atoms with van der Waals surface area (Å²) < 4.78 is 4.76. The number of hydrogen-bond acceptors (Lipinski definition) is 4. The fourth-order valence-corrected chi connectivity index (χ4v) is 0.558. The number of nitrogens with one attached hydrogen (secondary N) is 2. The van der Waals surface area contributed by atoms with Gasteiger partial charge in [-0.25, -0.2) is 5.43 Å². The lowest BCUT2D eigenvalue weighted by Crippen LogP contribution is -2.43. The zero-order valence-electron chi connectivity index (χ0n) is 7.81. The van der Waals surface area contributed by atoms with Gasteiger partial charge in [0.2, 0.25) is 0 Å². The number of hydrazine groups is 1. The van der Waals surface area contributed by atoms with E-state index in [0.29, 0.717) is 6.61 Å². The summed E-state index contributed by atoms with van der Waals surface area (Å²) in [5.41, 5.74) is 6.24. The maximum atomic E-state index is 11.0. The van der Waals surface area contributed by atoms with E-state index in [2.05, 4.69) is 17.4 Å². The Balaban J connectivity index is 3.63. The molecule has 4 nitrogen and oxygen atoms in total. The minimum Gasteiger partial charge on any atom is -0.465 e. The van der Waals surface area contributed by atoms with Crippen LogP contribution in [0.15, 0.2) is 12.3 Å². The van der Waals surface area contributed by atoms with E-state index in [1.807, 2.05) is 0 Å². The minimum atomic E-state index is -0.360. The molecule has 0 saturated carbocycles. The summed E-state index contributed by atoms with van der Waals surface area (Å²) in [6.45, 7) is 9.29. The summed E-state index contributed by atoms with van der Waals surface area (Å²) >= 11 is 0. The molecule has 0 aliphatic rings. The van der Waals surface area contributed by atoms with Gasteiger partial charge in [-0.3, -0.25) is 4.79 Å². The molecular formula is C8H16N2O2. The molecule has 0 saturated heterocycles. The lowest BCUT2D eigenvalue weighted by molar-refractivity contribution is -0.145. The van der Waals surface area contributed by atoms with Gasteiger partial charge in [-0.2, -0.15) is 0 Å². The monoisotopic (exact) mass is 172 g/mol. The number of allylic oxidation sites excluding steroid dienone is 1. The van der Waals surface area contributed by atoms with E-state index in [0.717, 1.165) is 5.70 Å². The minimum absolute atomic E-state index is 0.272. The first-order valence-electron chi connectivity index (χ1n) is 3.91. The Hall–Kier alpha value is -1.03. The smallest absolute Gasteiger partial charge is 0.324 e. The Kier molecular flexibility index (Phi) is 5.12. The number of esters is 1. The van der Waals surface area contributed by atoms with Crippen LogP contribution in [-0.4, -0.2) is 18.6 Å². The fourth-order valence-electron chi connectivity index (χ4n) is 0.558. The van der Waals surface area contributed by atoms with Crippen molar-refractivity contribution in [2.24, 2.45) is 0 Å². The molecule has 4 heteroatoms. The third-order valence-electron chi connectivity index (χ3n) is 1.14. The van der Waals surface area contributed by atoms with Gasteiger partial charge in [-0.15, -0.1) is 0 Å². The van der Waals surface area contributed by atoms with Crippen LogP contribution in [0.3, 0.4) is 0 Å². The van der Waals surface area contributed by atoms with Crippen LogP contribution in [0.1, 0.15) is 20.8 Å². The Morgan fingerprint density at radius 3 is 2.67 bits per heavy atom. The number of hydrogen-bond donors (Lipinski definition) is 2. The van der Waals surface area contributed by atoms with Crippen molar-refractivity contribution >= 4 is 5.97 Å². The predicted octanol–water partition coefficient (Wildman–Crippen LogP) is 0.566. The molecule has 0 radical (unpaired) electrons. The van der Waals surface area contributed by atoms with E-state index in [1.165, 1.54) is 0 Å². The largest absolute Gasteiger partial charge is 0.465 e. The van der Waals surface area contributed by atoms with Gasteiger partial charge in [-0.05, 0) is 20.8 Å². The van der Waals surface area contributed by atoms with Gasteiger partial charge in [-0.1, -0.05) is 6.58 Å². The van der Waals surface area contributed by atoms with Gasteiger partial charge in [0.15, 0.2) is 0 Å². The van der Waals surface area contributed by atoms with Crippen LogP contribution in [0.5, 0.6) is 0 Å². The van der Waals surface area contributed by atoms with Crippen LogP contribution >= 0.6 is 0 Å². The van der Waals surface area contributed by atoms with Crippen molar-refractivity contribution in [3.05, 3.63) is 12.3 Å². The maximum Gasteiger partial charge on any atom is 0.324 e. The molecule has 0 rings (SSSR count). The summed E-state index contributed by atoms with van der Waals surface area (Å²) in [5.74, 6) is -0.272. The second-order valence-electron chi connectivity index (χ2n) is 2.52. The zero-order valence-corrected chi connectivity index (χ0v) is 7.81. The average Bonchev–Trinajstić information content (AvgIpc) is 2.00. The number of carbonyl (C=O) groups is 1. The van der Waals surface area contributed by atoms with Crippen molar-refractivity contribution in [2.45, 2.75) is 26.8 Å². The maximum absolute atomic E-state index is 11.0. The number of rotatable bonds is 5. The van der Waals surface area contributed by atoms with Gasteiger partial charge in [0.1, 0.15) is 6.04 Å². The molecular weight excluding hydrogens is 156 g/mol. The molecule has 0 aromatic heterocycles. The van der Waals surface area contributed by atoms with Crippen LogP contribution in [-0.2, 0) is 9.53 Å². The standard InChI is InChI=1S/C8H16N2O2/c1-5-12-8(11)7(4)10-9-6(2)3/h7,9-10H,2,5H2,1,3-4H3/t7-/m0/s1. The third kappa shape index (κ3) is 4.73. The van der Waals surface area contributed by atoms with Gasteiger partial charge < -0.3 is 10.2 Å². The Morgan fingerprint density at radius 1 is 1.67 bits per heavy atom. The second-order valence-corrected chi connectivity index (χ2v) is 2.52. The third-order valence-corrected chi connectivity index (χ3v) is 1.14. The molecule has 0 fully saturated rings. The highest BCUT2D eigenvalue weighted by Crippen LogP contribution is 1.86. The molecule has 0 aromatic carbocycles. The average molecular weight is 172 g/mol. The van der Waals surface area contributed by atoms with Crippen molar-refractivity contribution < 1.29 is 9.53 Å². The molecule has 0 amide bonds. The Labute approximate surface area is 72.9 Å². The molecule has 0 bridgehead atoms. The Bertz CT molecular complexity index is 168. The molecule has 1 atom stereocenters. The molecule has 0 aliphatic carbocycles. The topological polar surface area (TPSA) is 50.4 Å². The molecule has 0 aliphatic heterocycles. The van der Waals surface area contributed by atoms with E-state index < -0.39 is 0 Å². The van der Waals surface area contributed by atoms with Crippen LogP contribution in [0.4, 0.5) is 0 Å². The summed E-state index contributed by atoms with van der Waals surface area (Å²) in [6.07, 6.45) is 0. The van der Waals surface area contributed by atoms with Crippen molar-refractivity contribution in [1.82, 2.24) is 10.9 Å². The highest BCUT2D eigenvalue weighted by Gasteiger charge is 2.11. The van der Waals surface area contributed by atoms with Crippen LogP contribution in [0, 0.1) is 0 Å². The molecule has 0 aromatic rings. The Morgan fingerprint density at radius 2 is 2.25 bits per heavy atom. The SMILES string of the molecule is C=C(C)NN[C@@H](C)C(=O)OCC. The van der Waals surface area contributed by atoms with Gasteiger partial charge in [0.25, 0.3) is 0 Å². The normalized spacial score (nSPS) is 11.9. The van der Waals surface area contributed by atoms with E-state index >= 15 is 0 Å². The molecule has 0 unspecified atom stereocenters. The van der Waals surface area contributed by atoms with Gasteiger partial charge >= 0.3 is 5.97 Å². The lowest BCUT2D eigenvalue weighted by atomic mass is 10.4. The molecule has 2 N–H and O–H groups in total. The molecule has 70 valence electrons. The van der Waals surface area contributed by atoms with Crippen molar-refractivity contribution in [1.29, 1.82) is 0 Å². The van der Waals surface area contributed by atoms with Gasteiger partial charge in [0.05, 0.1) is 6.61 Å². The van der Waals surface area contributed by atoms with Crippen molar-refractivity contribution in [3.8, 4) is 0 Å². The first-order chi connectivity index (χ1) is 5.57. The summed E-state index contributed by atoms with van der Waals surface area (Å²) in [5, 5.41) is 0. The summed E-state index contributed by atoms with van der Waals surface area (Å²) in [4.78, 5) is 11.0. The van der Waals surface area contributed by atoms with Crippen LogP contribution in [0.2, 0.25) is 0 Å². The van der Waals surface area contributed by atoms with Crippen molar-refractivity contribution in [2.75, 3.05) is 6.61 Å². The lowest BCUT2D eigenvalue weighted by Gasteiger charge is -2.13. The molecule has 0 heterocycles. The first kappa shape index (κ1) is 11.0. The van der Waals surface area contributed by atoms with Crippen LogP contribution < -0.4 is 10.9 Å². The first-order valence-corrected chi connectivity index (χ1v) is 3.91. The van der Waals surface area contributed by atoms with Crippen molar-refractivity contribution in [3.63, 3.8) is 0 Å². The number of ether oxygens (including phenoxy) is 1.